The molecule has 1 fully saturated rings. The Labute approximate surface area is 139 Å². The second-order valence-electron chi connectivity index (χ2n) is 6.80. The molecule has 0 bridgehead atoms. The van der Waals surface area contributed by atoms with Crippen LogP contribution in [0.15, 0.2) is 24.3 Å². The second kappa shape index (κ2) is 8.34. The van der Waals surface area contributed by atoms with Crippen molar-refractivity contribution in [3.63, 3.8) is 0 Å². The van der Waals surface area contributed by atoms with Crippen LogP contribution in [0.1, 0.15) is 56.8 Å². The first-order valence-electron chi connectivity index (χ1n) is 8.83. The van der Waals surface area contributed by atoms with Crippen molar-refractivity contribution in [2.24, 2.45) is 5.92 Å². The lowest BCUT2D eigenvalue weighted by atomic mass is 9.86. The summed E-state index contributed by atoms with van der Waals surface area (Å²) < 4.78 is 0. The van der Waals surface area contributed by atoms with E-state index in [0.717, 1.165) is 43.5 Å². The number of hydrogen-bond acceptors (Lipinski definition) is 3. The van der Waals surface area contributed by atoms with Crippen LogP contribution in [0.2, 0.25) is 0 Å². The Morgan fingerprint density at radius 3 is 2.30 bits per heavy atom. The molecule has 0 spiro atoms. The van der Waals surface area contributed by atoms with Crippen molar-refractivity contribution >= 4 is 11.6 Å². The molecule has 128 valence electrons. The summed E-state index contributed by atoms with van der Waals surface area (Å²) in [6.45, 7) is 7.71. The van der Waals surface area contributed by atoms with Crippen LogP contribution >= 0.6 is 0 Å². The Hall–Kier alpha value is -1.55. The van der Waals surface area contributed by atoms with E-state index in [1.807, 2.05) is 24.3 Å². The average molecular weight is 318 g/mol. The normalized spacial score (nSPS) is 21.3. The average Bonchev–Trinajstić information content (AvgIpc) is 2.56. The summed E-state index contributed by atoms with van der Waals surface area (Å²) in [7, 11) is 0. The molecule has 1 aromatic rings. The van der Waals surface area contributed by atoms with E-state index < -0.39 is 0 Å². The van der Waals surface area contributed by atoms with Crippen LogP contribution in [0, 0.1) is 5.92 Å². The van der Waals surface area contributed by atoms with Gasteiger partial charge >= 0.3 is 0 Å². The maximum Gasteiger partial charge on any atom is 0.251 e. The number of nitrogens with zero attached hydrogens (tertiary/aromatic N) is 1. The number of anilines is 1. The zero-order valence-electron chi connectivity index (χ0n) is 14.6. The molecule has 0 heterocycles. The fourth-order valence-corrected chi connectivity index (χ4v) is 3.41. The summed E-state index contributed by atoms with van der Waals surface area (Å²) in [5, 5.41) is 12.3. The Kier molecular flexibility index (Phi) is 6.46. The van der Waals surface area contributed by atoms with Crippen molar-refractivity contribution in [1.82, 2.24) is 5.32 Å². The monoisotopic (exact) mass is 318 g/mol. The third-order valence-electron chi connectivity index (χ3n) is 4.87. The molecular formula is C19H30N2O2. The Morgan fingerprint density at radius 1 is 1.22 bits per heavy atom. The molecule has 0 aliphatic heterocycles. The van der Waals surface area contributed by atoms with Crippen LogP contribution in [-0.4, -0.2) is 36.2 Å². The van der Waals surface area contributed by atoms with Gasteiger partial charge in [-0.2, -0.15) is 0 Å². The molecule has 0 saturated heterocycles. The number of aliphatic hydroxyl groups is 1. The van der Waals surface area contributed by atoms with E-state index in [9.17, 15) is 9.90 Å². The minimum atomic E-state index is 0.0107. The minimum Gasteiger partial charge on any atom is -0.396 e. The third-order valence-corrected chi connectivity index (χ3v) is 4.87. The zero-order chi connectivity index (χ0) is 16.8. The lowest BCUT2D eigenvalue weighted by Gasteiger charge is -2.28. The molecule has 0 unspecified atom stereocenters. The van der Waals surface area contributed by atoms with Crippen molar-refractivity contribution < 1.29 is 9.90 Å². The van der Waals surface area contributed by atoms with Crippen molar-refractivity contribution in [3.8, 4) is 0 Å². The summed E-state index contributed by atoms with van der Waals surface area (Å²) in [5.41, 5.74) is 1.88. The van der Waals surface area contributed by atoms with Gasteiger partial charge in [0.05, 0.1) is 0 Å². The molecule has 1 amide bonds. The second-order valence-corrected chi connectivity index (χ2v) is 6.80. The molecule has 1 aliphatic carbocycles. The Balaban J connectivity index is 1.93. The standard InChI is InChI=1S/C19H30N2O2/c1-4-21(14(2)3)18-11-7-16(8-12-18)19(23)20-17-9-5-15(13-22)6-10-17/h7-8,11-12,14-15,17,22H,4-6,9-10,13H2,1-3H3,(H,20,23). The van der Waals surface area contributed by atoms with Crippen LogP contribution in [0.3, 0.4) is 0 Å². The van der Waals surface area contributed by atoms with Gasteiger partial charge in [0, 0.05) is 36.5 Å². The molecule has 0 atom stereocenters. The first-order chi connectivity index (χ1) is 11.0. The lowest BCUT2D eigenvalue weighted by Crippen LogP contribution is -2.38. The topological polar surface area (TPSA) is 52.6 Å². The Bertz CT molecular complexity index is 491. The third kappa shape index (κ3) is 4.71. The lowest BCUT2D eigenvalue weighted by molar-refractivity contribution is 0.0914. The van der Waals surface area contributed by atoms with Crippen LogP contribution in [0.5, 0.6) is 0 Å². The predicted octanol–water partition coefficient (Wildman–Crippen LogP) is 3.20. The number of hydrogen-bond donors (Lipinski definition) is 2. The van der Waals surface area contributed by atoms with E-state index in [2.05, 4.69) is 31.0 Å². The SMILES string of the molecule is CCN(c1ccc(C(=O)NC2CCC(CO)CC2)cc1)C(C)C. The van der Waals surface area contributed by atoms with Gasteiger partial charge in [0.1, 0.15) is 0 Å². The fourth-order valence-electron chi connectivity index (χ4n) is 3.41. The first-order valence-corrected chi connectivity index (χ1v) is 8.83. The highest BCUT2D eigenvalue weighted by Crippen LogP contribution is 2.24. The van der Waals surface area contributed by atoms with Crippen LogP contribution in [0.25, 0.3) is 0 Å². The number of benzene rings is 1. The van der Waals surface area contributed by atoms with E-state index in [-0.39, 0.29) is 18.6 Å². The van der Waals surface area contributed by atoms with Crippen LogP contribution < -0.4 is 10.2 Å². The maximum atomic E-state index is 12.4. The van der Waals surface area contributed by atoms with Crippen molar-refractivity contribution in [1.29, 1.82) is 0 Å². The molecule has 4 heteroatoms. The minimum absolute atomic E-state index is 0.0107. The van der Waals surface area contributed by atoms with Crippen molar-refractivity contribution in [3.05, 3.63) is 29.8 Å². The van der Waals surface area contributed by atoms with E-state index in [1.165, 1.54) is 0 Å². The number of aliphatic hydroxyl groups excluding tert-OH is 1. The number of carbonyl (C=O) groups is 1. The van der Waals surface area contributed by atoms with Crippen LogP contribution in [-0.2, 0) is 0 Å². The predicted molar refractivity (Wildman–Crippen MR) is 94.9 cm³/mol. The largest absolute Gasteiger partial charge is 0.396 e. The number of carbonyl (C=O) groups excluding carboxylic acids is 1. The van der Waals surface area contributed by atoms with Crippen molar-refractivity contribution in [2.75, 3.05) is 18.1 Å². The highest BCUT2D eigenvalue weighted by atomic mass is 16.3. The highest BCUT2D eigenvalue weighted by molar-refractivity contribution is 5.94. The summed E-state index contributed by atoms with van der Waals surface area (Å²) in [5.74, 6) is 0.426. The van der Waals surface area contributed by atoms with Gasteiger partial charge in [-0.3, -0.25) is 4.79 Å². The Morgan fingerprint density at radius 2 is 1.83 bits per heavy atom. The molecule has 1 aromatic carbocycles. The smallest absolute Gasteiger partial charge is 0.251 e. The van der Waals surface area contributed by atoms with E-state index in [0.29, 0.717) is 12.0 Å². The molecule has 2 rings (SSSR count). The van der Waals surface area contributed by atoms with Crippen LogP contribution in [0.4, 0.5) is 5.69 Å². The van der Waals surface area contributed by atoms with Gasteiger partial charge in [-0.15, -0.1) is 0 Å². The van der Waals surface area contributed by atoms with Gasteiger partial charge < -0.3 is 15.3 Å². The molecule has 2 N–H and O–H groups in total. The van der Waals surface area contributed by atoms with Gasteiger partial charge in [0.15, 0.2) is 0 Å². The van der Waals surface area contributed by atoms with Gasteiger partial charge in [0.2, 0.25) is 0 Å². The van der Waals surface area contributed by atoms with Gasteiger partial charge in [-0.1, -0.05) is 0 Å². The fraction of sp³-hybridized carbons (Fsp3) is 0.632. The summed E-state index contributed by atoms with van der Waals surface area (Å²) in [4.78, 5) is 14.7. The summed E-state index contributed by atoms with van der Waals surface area (Å²) in [6, 6.07) is 8.57. The molecular weight excluding hydrogens is 288 g/mol. The van der Waals surface area contributed by atoms with Gasteiger partial charge in [-0.05, 0) is 76.6 Å². The number of rotatable bonds is 6. The van der Waals surface area contributed by atoms with E-state index in [1.54, 1.807) is 0 Å². The zero-order valence-corrected chi connectivity index (χ0v) is 14.6. The van der Waals surface area contributed by atoms with Gasteiger partial charge in [0.25, 0.3) is 5.91 Å². The molecule has 23 heavy (non-hydrogen) atoms. The number of amides is 1. The van der Waals surface area contributed by atoms with E-state index >= 15 is 0 Å². The number of nitrogens with one attached hydrogen (secondary N) is 1. The molecule has 1 saturated carbocycles. The molecule has 0 radical (unpaired) electrons. The molecule has 4 nitrogen and oxygen atoms in total. The van der Waals surface area contributed by atoms with Crippen molar-refractivity contribution in [2.45, 2.75) is 58.5 Å². The molecule has 0 aromatic heterocycles. The highest BCUT2D eigenvalue weighted by Gasteiger charge is 2.22. The first kappa shape index (κ1) is 17.8. The maximum absolute atomic E-state index is 12.4. The van der Waals surface area contributed by atoms with E-state index in [4.69, 9.17) is 0 Å². The summed E-state index contributed by atoms with van der Waals surface area (Å²) in [6.07, 6.45) is 3.93. The summed E-state index contributed by atoms with van der Waals surface area (Å²) >= 11 is 0. The van der Waals surface area contributed by atoms with Gasteiger partial charge in [-0.25, -0.2) is 0 Å². The molecule has 1 aliphatic rings. The quantitative estimate of drug-likeness (QED) is 0.847.